The van der Waals surface area contributed by atoms with Crippen LogP contribution in [0.1, 0.15) is 27.2 Å². The minimum atomic E-state index is -0.421. The molecule has 1 aromatic carbocycles. The van der Waals surface area contributed by atoms with Crippen LogP contribution in [0.3, 0.4) is 0 Å². The van der Waals surface area contributed by atoms with Gasteiger partial charge in [-0.25, -0.2) is 4.79 Å². The Morgan fingerprint density at radius 1 is 1.27 bits per heavy atom. The first-order chi connectivity index (χ1) is 10.6. The van der Waals surface area contributed by atoms with E-state index in [1.54, 1.807) is 6.26 Å². The summed E-state index contributed by atoms with van der Waals surface area (Å²) in [7, 11) is 0. The highest BCUT2D eigenvalue weighted by Crippen LogP contribution is 2.33. The molecule has 108 valence electrons. The molecule has 0 radical (unpaired) electrons. The van der Waals surface area contributed by atoms with Crippen molar-refractivity contribution in [2.75, 3.05) is 0 Å². The van der Waals surface area contributed by atoms with Crippen LogP contribution in [0, 0.1) is 11.6 Å². The quantitative estimate of drug-likeness (QED) is 0.532. The number of esters is 1. The van der Waals surface area contributed by atoms with E-state index in [9.17, 15) is 4.79 Å². The Morgan fingerprint density at radius 2 is 2.09 bits per heavy atom. The number of benzene rings is 1. The van der Waals surface area contributed by atoms with E-state index in [1.807, 2.05) is 43.3 Å². The van der Waals surface area contributed by atoms with E-state index in [2.05, 4.69) is 4.98 Å². The number of para-hydroxylation sites is 1. The van der Waals surface area contributed by atoms with Crippen molar-refractivity contribution < 1.29 is 13.9 Å². The second kappa shape index (κ2) is 4.68. The number of carbonyl (C=O) groups is 1. The van der Waals surface area contributed by atoms with E-state index < -0.39 is 5.97 Å². The molecule has 1 aliphatic rings. The number of furan rings is 1. The van der Waals surface area contributed by atoms with E-state index in [4.69, 9.17) is 21.4 Å². The number of hydrogen-bond acceptors (Lipinski definition) is 4. The normalized spacial score (nSPS) is 15.3. The molecule has 4 nitrogen and oxygen atoms in total. The molecule has 0 spiro atoms. The topological polar surface area (TPSA) is 55.2 Å². The molecule has 0 fully saturated rings. The second-order valence-electron chi connectivity index (χ2n) is 5.16. The number of aromatic amines is 1. The lowest BCUT2D eigenvalue weighted by atomic mass is 10.1. The fourth-order valence-corrected chi connectivity index (χ4v) is 3.00. The number of hydrogen-bond donors (Lipinski definition) is 1. The number of rotatable bonds is 1. The van der Waals surface area contributed by atoms with E-state index in [0.717, 1.165) is 27.8 Å². The lowest BCUT2D eigenvalue weighted by molar-refractivity contribution is 0.0716. The maximum atomic E-state index is 12.0. The standard InChI is InChI=1S/C17H11NO3S/c1-9-6-12-14(21-17(19)15(12)16(22)18-9)7-10-8-20-13-5-3-2-4-11(10)13/h2-8H,1H3,(H,18,22)/b14-7-. The van der Waals surface area contributed by atoms with Gasteiger partial charge < -0.3 is 14.1 Å². The average Bonchev–Trinajstić information content (AvgIpc) is 3.02. The first-order valence-electron chi connectivity index (χ1n) is 6.78. The zero-order chi connectivity index (χ0) is 15.3. The molecule has 1 N–H and O–H groups in total. The summed E-state index contributed by atoms with van der Waals surface area (Å²) in [6, 6.07) is 9.58. The SMILES string of the molecule is Cc1cc2c(c(=S)[nH]1)C(=O)O/C2=C\c1coc2ccccc12. The zero-order valence-electron chi connectivity index (χ0n) is 11.7. The second-order valence-corrected chi connectivity index (χ2v) is 5.56. The molecular formula is C17H11NO3S. The summed E-state index contributed by atoms with van der Waals surface area (Å²) >= 11 is 5.22. The molecule has 0 aliphatic carbocycles. The third-order valence-corrected chi connectivity index (χ3v) is 3.94. The molecule has 4 rings (SSSR count). The number of cyclic esters (lactones) is 1. The van der Waals surface area contributed by atoms with Crippen molar-refractivity contribution in [3.8, 4) is 0 Å². The Hall–Kier alpha value is -2.66. The number of pyridine rings is 1. The first kappa shape index (κ1) is 13.0. The number of fused-ring (bicyclic) bond motifs is 2. The number of aryl methyl sites for hydroxylation is 1. The van der Waals surface area contributed by atoms with Crippen LogP contribution in [0.25, 0.3) is 22.8 Å². The minimum Gasteiger partial charge on any atom is -0.464 e. The van der Waals surface area contributed by atoms with Crippen molar-refractivity contribution in [1.82, 2.24) is 4.98 Å². The van der Waals surface area contributed by atoms with Gasteiger partial charge in [0.05, 0.1) is 6.26 Å². The summed E-state index contributed by atoms with van der Waals surface area (Å²) in [6.45, 7) is 1.89. The summed E-state index contributed by atoms with van der Waals surface area (Å²) < 4.78 is 11.3. The van der Waals surface area contributed by atoms with Crippen molar-refractivity contribution in [2.24, 2.45) is 0 Å². The predicted molar refractivity (Wildman–Crippen MR) is 85.9 cm³/mol. The third kappa shape index (κ3) is 1.90. The van der Waals surface area contributed by atoms with Gasteiger partial charge in [0.2, 0.25) is 0 Å². The van der Waals surface area contributed by atoms with Gasteiger partial charge >= 0.3 is 5.97 Å². The number of H-pyrrole nitrogens is 1. The number of ether oxygens (including phenoxy) is 1. The molecule has 0 atom stereocenters. The highest BCUT2D eigenvalue weighted by atomic mass is 32.1. The van der Waals surface area contributed by atoms with Gasteiger partial charge in [-0.15, -0.1) is 0 Å². The molecule has 0 saturated carbocycles. The van der Waals surface area contributed by atoms with E-state index in [-0.39, 0.29) is 0 Å². The summed E-state index contributed by atoms with van der Waals surface area (Å²) in [5, 5.41) is 0.970. The zero-order valence-corrected chi connectivity index (χ0v) is 12.5. The van der Waals surface area contributed by atoms with Crippen LogP contribution in [0.15, 0.2) is 41.0 Å². The van der Waals surface area contributed by atoms with Crippen LogP contribution in [-0.2, 0) is 4.74 Å². The van der Waals surface area contributed by atoms with Crippen molar-refractivity contribution >= 4 is 41.0 Å². The number of carbonyl (C=O) groups excluding carboxylic acids is 1. The Morgan fingerprint density at radius 3 is 2.95 bits per heavy atom. The molecule has 0 saturated heterocycles. The van der Waals surface area contributed by atoms with E-state index in [1.165, 1.54) is 0 Å². The molecule has 0 bridgehead atoms. The smallest absolute Gasteiger partial charge is 0.347 e. The predicted octanol–water partition coefficient (Wildman–Crippen LogP) is 4.47. The molecule has 0 amide bonds. The van der Waals surface area contributed by atoms with Crippen LogP contribution in [0.4, 0.5) is 0 Å². The third-order valence-electron chi connectivity index (χ3n) is 3.64. The maximum absolute atomic E-state index is 12.0. The molecule has 3 aromatic rings. The van der Waals surface area contributed by atoms with Crippen molar-refractivity contribution in [1.29, 1.82) is 0 Å². The van der Waals surface area contributed by atoms with Gasteiger partial charge in [-0.1, -0.05) is 30.4 Å². The van der Waals surface area contributed by atoms with Crippen LogP contribution in [-0.4, -0.2) is 11.0 Å². The number of nitrogens with one attached hydrogen (secondary N) is 1. The van der Waals surface area contributed by atoms with Crippen molar-refractivity contribution in [2.45, 2.75) is 6.92 Å². The van der Waals surface area contributed by atoms with Gasteiger partial charge in [-0.3, -0.25) is 0 Å². The Kier molecular flexibility index (Phi) is 2.77. The lowest BCUT2D eigenvalue weighted by Gasteiger charge is -2.00. The molecule has 1 aliphatic heterocycles. The van der Waals surface area contributed by atoms with Crippen LogP contribution < -0.4 is 0 Å². The van der Waals surface area contributed by atoms with Gasteiger partial charge in [0, 0.05) is 22.2 Å². The van der Waals surface area contributed by atoms with Crippen molar-refractivity contribution in [3.63, 3.8) is 0 Å². The lowest BCUT2D eigenvalue weighted by Crippen LogP contribution is -1.97. The summed E-state index contributed by atoms with van der Waals surface area (Å²) in [5.41, 5.74) is 3.67. The van der Waals surface area contributed by atoms with Gasteiger partial charge in [0.25, 0.3) is 0 Å². The molecule has 3 heterocycles. The first-order valence-corrected chi connectivity index (χ1v) is 7.19. The van der Waals surface area contributed by atoms with Crippen LogP contribution >= 0.6 is 12.2 Å². The summed E-state index contributed by atoms with van der Waals surface area (Å²) in [6.07, 6.45) is 3.46. The van der Waals surface area contributed by atoms with E-state index >= 15 is 0 Å². The Labute approximate surface area is 131 Å². The average molecular weight is 309 g/mol. The van der Waals surface area contributed by atoms with E-state index in [0.29, 0.717) is 16.0 Å². The van der Waals surface area contributed by atoms with Gasteiger partial charge in [0.1, 0.15) is 21.5 Å². The van der Waals surface area contributed by atoms with Crippen LogP contribution in [0.5, 0.6) is 0 Å². The molecule has 0 unspecified atom stereocenters. The molecular weight excluding hydrogens is 298 g/mol. The summed E-state index contributed by atoms with van der Waals surface area (Å²) in [5.74, 6) is 0.0741. The van der Waals surface area contributed by atoms with Crippen LogP contribution in [0.2, 0.25) is 0 Å². The molecule has 5 heteroatoms. The van der Waals surface area contributed by atoms with Crippen molar-refractivity contribution in [3.05, 3.63) is 63.6 Å². The number of aromatic nitrogens is 1. The van der Waals surface area contributed by atoms with Gasteiger partial charge in [-0.2, -0.15) is 0 Å². The summed E-state index contributed by atoms with van der Waals surface area (Å²) in [4.78, 5) is 15.0. The maximum Gasteiger partial charge on any atom is 0.347 e. The Balaban J connectivity index is 1.93. The highest BCUT2D eigenvalue weighted by molar-refractivity contribution is 7.71. The van der Waals surface area contributed by atoms with Gasteiger partial charge in [0.15, 0.2) is 0 Å². The minimum absolute atomic E-state index is 0.403. The molecule has 22 heavy (non-hydrogen) atoms. The van der Waals surface area contributed by atoms with Gasteiger partial charge in [-0.05, 0) is 25.1 Å². The Bertz CT molecular complexity index is 1010. The highest BCUT2D eigenvalue weighted by Gasteiger charge is 2.28. The molecule has 2 aromatic heterocycles. The fourth-order valence-electron chi connectivity index (χ4n) is 2.65. The largest absolute Gasteiger partial charge is 0.464 e. The fraction of sp³-hybridized carbons (Fsp3) is 0.0588. The monoisotopic (exact) mass is 309 g/mol.